The average molecular weight is 401 g/mol. The lowest BCUT2D eigenvalue weighted by Gasteiger charge is -2.50. The second kappa shape index (κ2) is 6.95. The van der Waals surface area contributed by atoms with Gasteiger partial charge in [0.15, 0.2) is 0 Å². The molecule has 0 radical (unpaired) electrons. The smallest absolute Gasteiger partial charge is 0.119 e. The molecule has 0 saturated carbocycles. The SMILES string of the molecule is COc1ccc2nccc([C@@H](O)[C@@H]3C[C@@H]4CCN3C[C@@H]4C#CBr)c2c1. The van der Waals surface area contributed by atoms with E-state index in [4.69, 9.17) is 4.74 Å². The van der Waals surface area contributed by atoms with Crippen LogP contribution in [0.15, 0.2) is 30.5 Å². The van der Waals surface area contributed by atoms with Crippen LogP contribution >= 0.6 is 15.9 Å². The predicted molar refractivity (Wildman–Crippen MR) is 102 cm³/mol. The molecule has 2 bridgehead atoms. The van der Waals surface area contributed by atoms with Crippen molar-refractivity contribution < 1.29 is 9.84 Å². The van der Waals surface area contributed by atoms with Gasteiger partial charge in [0, 0.05) is 46.0 Å². The van der Waals surface area contributed by atoms with Crippen LogP contribution in [-0.2, 0) is 0 Å². The maximum atomic E-state index is 11.2. The number of pyridine rings is 1. The number of nitrogens with zero attached hydrogens (tertiary/aromatic N) is 2. The van der Waals surface area contributed by atoms with E-state index in [-0.39, 0.29) is 6.04 Å². The Morgan fingerprint density at radius 1 is 1.40 bits per heavy atom. The Morgan fingerprint density at radius 2 is 2.28 bits per heavy atom. The molecule has 5 heteroatoms. The molecule has 2 aromatic rings. The van der Waals surface area contributed by atoms with Gasteiger partial charge >= 0.3 is 0 Å². The molecule has 1 aromatic heterocycles. The number of fused-ring (bicyclic) bond motifs is 4. The lowest BCUT2D eigenvalue weighted by molar-refractivity contribution is -0.0425. The summed E-state index contributed by atoms with van der Waals surface area (Å²) in [5, 5.41) is 12.2. The standard InChI is InChI=1S/C20H21BrN2O2/c1-25-15-2-3-18-17(11-15)16(5-8-22-18)20(24)19-10-13-6-9-23(19)12-14(13)4-7-21/h2-3,5,8,11,13-14,19-20,24H,6,9-10,12H2,1H3/t13-,14-,19-,20+/m0/s1. The largest absolute Gasteiger partial charge is 0.497 e. The highest BCUT2D eigenvalue weighted by molar-refractivity contribution is 9.12. The summed E-state index contributed by atoms with van der Waals surface area (Å²) in [5.41, 5.74) is 1.82. The quantitative estimate of drug-likeness (QED) is 0.802. The Balaban J connectivity index is 1.66. The van der Waals surface area contributed by atoms with Crippen molar-refractivity contribution in [2.45, 2.75) is 25.0 Å². The monoisotopic (exact) mass is 400 g/mol. The highest BCUT2D eigenvalue weighted by Gasteiger charge is 2.42. The van der Waals surface area contributed by atoms with Gasteiger partial charge in [-0.15, -0.1) is 0 Å². The molecule has 3 aliphatic heterocycles. The summed E-state index contributed by atoms with van der Waals surface area (Å²) in [5.74, 6) is 5.04. The van der Waals surface area contributed by atoms with E-state index in [0.29, 0.717) is 11.8 Å². The minimum atomic E-state index is -0.529. The van der Waals surface area contributed by atoms with Gasteiger partial charge in [0.2, 0.25) is 0 Å². The number of halogens is 1. The van der Waals surface area contributed by atoms with Crippen LogP contribution in [0.3, 0.4) is 0 Å². The van der Waals surface area contributed by atoms with Crippen molar-refractivity contribution in [2.24, 2.45) is 11.8 Å². The molecule has 25 heavy (non-hydrogen) atoms. The Bertz CT molecular complexity index is 844. The van der Waals surface area contributed by atoms with Crippen LogP contribution in [0.2, 0.25) is 0 Å². The van der Waals surface area contributed by atoms with Gasteiger partial charge < -0.3 is 9.84 Å². The maximum Gasteiger partial charge on any atom is 0.119 e. The third-order valence-corrected chi connectivity index (χ3v) is 5.94. The Morgan fingerprint density at radius 3 is 3.00 bits per heavy atom. The fourth-order valence-corrected chi connectivity index (χ4v) is 4.66. The number of benzene rings is 1. The van der Waals surface area contributed by atoms with Crippen molar-refractivity contribution in [3.8, 4) is 16.5 Å². The summed E-state index contributed by atoms with van der Waals surface area (Å²) in [4.78, 5) is 9.71. The van der Waals surface area contributed by atoms with E-state index in [1.807, 2.05) is 24.3 Å². The van der Waals surface area contributed by atoms with E-state index in [0.717, 1.165) is 41.7 Å². The summed E-state index contributed by atoms with van der Waals surface area (Å²) >= 11 is 3.23. The minimum absolute atomic E-state index is 0.143. The van der Waals surface area contributed by atoms with Crippen LogP contribution < -0.4 is 4.74 Å². The number of aliphatic hydroxyl groups is 1. The minimum Gasteiger partial charge on any atom is -0.497 e. The zero-order valence-electron chi connectivity index (χ0n) is 14.2. The first-order chi connectivity index (χ1) is 12.2. The van der Waals surface area contributed by atoms with Crippen molar-refractivity contribution in [3.63, 3.8) is 0 Å². The van der Waals surface area contributed by atoms with Gasteiger partial charge in [0.1, 0.15) is 5.75 Å². The average Bonchev–Trinajstić information content (AvgIpc) is 2.67. The second-order valence-corrected chi connectivity index (χ2v) is 7.32. The number of aromatic nitrogens is 1. The van der Waals surface area contributed by atoms with E-state index in [9.17, 15) is 5.11 Å². The van der Waals surface area contributed by atoms with Crippen LogP contribution in [0, 0.1) is 22.6 Å². The third-order valence-electron chi connectivity index (χ3n) is 5.71. The van der Waals surface area contributed by atoms with Crippen molar-refractivity contribution in [3.05, 3.63) is 36.0 Å². The molecular weight excluding hydrogens is 380 g/mol. The molecule has 5 atom stereocenters. The molecule has 1 aromatic carbocycles. The first-order valence-electron chi connectivity index (χ1n) is 8.67. The van der Waals surface area contributed by atoms with E-state index in [1.165, 1.54) is 6.42 Å². The molecule has 4 heterocycles. The summed E-state index contributed by atoms with van der Waals surface area (Å²) in [6.07, 6.45) is 3.41. The topological polar surface area (TPSA) is 45.6 Å². The van der Waals surface area contributed by atoms with Crippen molar-refractivity contribution in [1.82, 2.24) is 9.88 Å². The van der Waals surface area contributed by atoms with Crippen LogP contribution in [0.1, 0.15) is 24.5 Å². The number of hydrogen-bond donors (Lipinski definition) is 1. The summed E-state index contributed by atoms with van der Waals surface area (Å²) in [6.45, 7) is 1.98. The van der Waals surface area contributed by atoms with Crippen molar-refractivity contribution in [2.75, 3.05) is 20.2 Å². The number of aliphatic hydroxyl groups excluding tert-OH is 1. The van der Waals surface area contributed by atoms with Gasteiger partial charge in [-0.3, -0.25) is 9.88 Å². The Hall–Kier alpha value is -1.61. The lowest BCUT2D eigenvalue weighted by Crippen LogP contribution is -2.55. The molecule has 3 saturated heterocycles. The van der Waals surface area contributed by atoms with Gasteiger partial charge in [-0.2, -0.15) is 0 Å². The number of ether oxygens (including phenoxy) is 1. The summed E-state index contributed by atoms with van der Waals surface area (Å²) < 4.78 is 5.35. The van der Waals surface area contributed by atoms with E-state index >= 15 is 0 Å². The molecule has 130 valence electrons. The van der Waals surface area contributed by atoms with E-state index < -0.39 is 6.10 Å². The molecule has 3 fully saturated rings. The third kappa shape index (κ3) is 3.03. The molecule has 1 N–H and O–H groups in total. The number of methoxy groups -OCH3 is 1. The van der Waals surface area contributed by atoms with Gasteiger partial charge in [-0.05, 0) is 60.0 Å². The van der Waals surface area contributed by atoms with Gasteiger partial charge in [-0.1, -0.05) is 5.92 Å². The van der Waals surface area contributed by atoms with E-state index in [2.05, 4.69) is 36.6 Å². The van der Waals surface area contributed by atoms with Gasteiger partial charge in [-0.25, -0.2) is 0 Å². The van der Waals surface area contributed by atoms with Crippen molar-refractivity contribution >= 4 is 26.8 Å². The van der Waals surface area contributed by atoms with E-state index in [1.54, 1.807) is 13.3 Å². The fourth-order valence-electron chi connectivity index (χ4n) is 4.37. The normalized spacial score (nSPS) is 29.1. The Kier molecular flexibility index (Phi) is 4.68. The highest BCUT2D eigenvalue weighted by Crippen LogP contribution is 2.41. The molecule has 0 spiro atoms. The highest BCUT2D eigenvalue weighted by atomic mass is 79.9. The number of piperidine rings is 3. The zero-order chi connectivity index (χ0) is 17.4. The summed E-state index contributed by atoms with van der Waals surface area (Å²) in [7, 11) is 1.66. The van der Waals surface area contributed by atoms with Gasteiger partial charge in [0.05, 0.1) is 18.7 Å². The number of hydrogen-bond acceptors (Lipinski definition) is 4. The Labute approximate surface area is 156 Å². The first kappa shape index (κ1) is 16.8. The first-order valence-corrected chi connectivity index (χ1v) is 9.46. The molecule has 5 rings (SSSR count). The van der Waals surface area contributed by atoms with Crippen LogP contribution in [0.4, 0.5) is 0 Å². The molecule has 4 nitrogen and oxygen atoms in total. The molecule has 3 aliphatic rings. The molecule has 0 amide bonds. The molecule has 0 aliphatic carbocycles. The fraction of sp³-hybridized carbons (Fsp3) is 0.450. The maximum absolute atomic E-state index is 11.2. The van der Waals surface area contributed by atoms with Crippen LogP contribution in [0.25, 0.3) is 10.9 Å². The molecular formula is C20H21BrN2O2. The van der Waals surface area contributed by atoms with Gasteiger partial charge in [0.25, 0.3) is 0 Å². The van der Waals surface area contributed by atoms with Crippen LogP contribution in [0.5, 0.6) is 5.75 Å². The van der Waals surface area contributed by atoms with Crippen LogP contribution in [-0.4, -0.2) is 41.2 Å². The van der Waals surface area contributed by atoms with Crippen molar-refractivity contribution in [1.29, 1.82) is 0 Å². The summed E-state index contributed by atoms with van der Waals surface area (Å²) in [6, 6.07) is 7.89. The predicted octanol–water partition coefficient (Wildman–Crippen LogP) is 3.34. The zero-order valence-corrected chi connectivity index (χ0v) is 15.7. The lowest BCUT2D eigenvalue weighted by atomic mass is 9.74. The number of rotatable bonds is 3. The molecule has 1 unspecified atom stereocenters. The second-order valence-electron chi connectivity index (χ2n) is 6.92.